The third-order valence-corrected chi connectivity index (χ3v) is 2.45. The molecule has 0 aliphatic rings. The molecule has 0 spiro atoms. The van der Waals surface area contributed by atoms with Gasteiger partial charge in [-0.1, -0.05) is 37.6 Å². The molecule has 0 saturated carbocycles. The second kappa shape index (κ2) is 4.73. The van der Waals surface area contributed by atoms with Crippen LogP contribution in [0.1, 0.15) is 25.5 Å². The highest BCUT2D eigenvalue weighted by Gasteiger charge is 2.18. The summed E-state index contributed by atoms with van der Waals surface area (Å²) in [6.45, 7) is 3.93. The Hall–Kier alpha value is -0.640. The van der Waals surface area contributed by atoms with Crippen LogP contribution < -0.4 is 11.3 Å². The summed E-state index contributed by atoms with van der Waals surface area (Å²) in [4.78, 5) is 0. The van der Waals surface area contributed by atoms with Gasteiger partial charge in [0, 0.05) is 5.56 Å². The molecular formula is C10H14ClFN2. The van der Waals surface area contributed by atoms with Gasteiger partial charge in [0.05, 0.1) is 11.1 Å². The van der Waals surface area contributed by atoms with E-state index in [1.807, 2.05) is 13.8 Å². The fraction of sp³-hybridized carbons (Fsp3) is 0.400. The number of hydrazine groups is 1. The Labute approximate surface area is 88.2 Å². The molecule has 0 saturated heterocycles. The second-order valence-corrected chi connectivity index (χ2v) is 3.94. The number of rotatable bonds is 3. The first kappa shape index (κ1) is 11.4. The molecule has 1 unspecified atom stereocenters. The number of nitrogens with two attached hydrogens (primary N) is 1. The van der Waals surface area contributed by atoms with E-state index in [1.165, 1.54) is 6.07 Å². The zero-order valence-electron chi connectivity index (χ0n) is 8.22. The summed E-state index contributed by atoms with van der Waals surface area (Å²) >= 11 is 5.68. The molecular weight excluding hydrogens is 203 g/mol. The lowest BCUT2D eigenvalue weighted by Crippen LogP contribution is -2.32. The predicted molar refractivity (Wildman–Crippen MR) is 56.3 cm³/mol. The summed E-state index contributed by atoms with van der Waals surface area (Å²) in [5, 5.41) is 0.128. The average Bonchev–Trinajstić information content (AvgIpc) is 2.13. The van der Waals surface area contributed by atoms with Gasteiger partial charge in [-0.05, 0) is 12.0 Å². The van der Waals surface area contributed by atoms with Gasteiger partial charge in [0.2, 0.25) is 0 Å². The zero-order chi connectivity index (χ0) is 10.7. The summed E-state index contributed by atoms with van der Waals surface area (Å²) in [5.41, 5.74) is 3.10. The van der Waals surface area contributed by atoms with Gasteiger partial charge in [0.15, 0.2) is 0 Å². The Morgan fingerprint density at radius 3 is 2.57 bits per heavy atom. The zero-order valence-corrected chi connectivity index (χ0v) is 8.98. The summed E-state index contributed by atoms with van der Waals surface area (Å²) in [6.07, 6.45) is 0. The number of benzene rings is 1. The van der Waals surface area contributed by atoms with Crippen molar-refractivity contribution in [2.24, 2.45) is 11.8 Å². The first-order valence-corrected chi connectivity index (χ1v) is 4.85. The summed E-state index contributed by atoms with van der Waals surface area (Å²) in [5.74, 6) is 5.17. The maximum absolute atomic E-state index is 13.6. The molecule has 0 fully saturated rings. The maximum atomic E-state index is 13.6. The number of hydrogen-bond acceptors (Lipinski definition) is 2. The molecule has 0 bridgehead atoms. The van der Waals surface area contributed by atoms with Gasteiger partial charge < -0.3 is 0 Å². The van der Waals surface area contributed by atoms with E-state index in [1.54, 1.807) is 12.1 Å². The number of hydrogen-bond donors (Lipinski definition) is 2. The molecule has 0 heterocycles. The van der Waals surface area contributed by atoms with Crippen molar-refractivity contribution in [2.75, 3.05) is 0 Å². The Morgan fingerprint density at radius 2 is 2.07 bits per heavy atom. The molecule has 3 N–H and O–H groups in total. The smallest absolute Gasteiger partial charge is 0.146 e. The lowest BCUT2D eigenvalue weighted by Gasteiger charge is -2.20. The van der Waals surface area contributed by atoms with E-state index in [0.29, 0.717) is 5.56 Å². The van der Waals surface area contributed by atoms with Crippen molar-refractivity contribution in [3.63, 3.8) is 0 Å². The average molecular weight is 217 g/mol. The molecule has 0 radical (unpaired) electrons. The van der Waals surface area contributed by atoms with Crippen molar-refractivity contribution in [1.29, 1.82) is 0 Å². The molecule has 2 nitrogen and oxygen atoms in total. The molecule has 14 heavy (non-hydrogen) atoms. The molecule has 4 heteroatoms. The fourth-order valence-electron chi connectivity index (χ4n) is 1.40. The Kier molecular flexibility index (Phi) is 3.86. The van der Waals surface area contributed by atoms with Gasteiger partial charge in [-0.3, -0.25) is 11.3 Å². The summed E-state index contributed by atoms with van der Waals surface area (Å²) in [6, 6.07) is 4.71. The van der Waals surface area contributed by atoms with Crippen molar-refractivity contribution in [2.45, 2.75) is 19.9 Å². The third-order valence-electron chi connectivity index (χ3n) is 2.16. The van der Waals surface area contributed by atoms with Crippen LogP contribution in [0.4, 0.5) is 4.39 Å². The van der Waals surface area contributed by atoms with Crippen LogP contribution in [0.25, 0.3) is 0 Å². The minimum atomic E-state index is -0.397. The van der Waals surface area contributed by atoms with Crippen molar-refractivity contribution in [1.82, 2.24) is 5.43 Å². The fourth-order valence-corrected chi connectivity index (χ4v) is 1.58. The predicted octanol–water partition coefficient (Wildman–Crippen LogP) is 2.64. The normalized spacial score (nSPS) is 13.3. The molecule has 1 aromatic carbocycles. The number of nitrogens with one attached hydrogen (secondary N) is 1. The van der Waals surface area contributed by atoms with Crippen LogP contribution in [0.15, 0.2) is 18.2 Å². The maximum Gasteiger partial charge on any atom is 0.146 e. The molecule has 1 atom stereocenters. The van der Waals surface area contributed by atoms with Crippen molar-refractivity contribution >= 4 is 11.6 Å². The Balaban J connectivity index is 3.10. The van der Waals surface area contributed by atoms with Crippen LogP contribution in [0.5, 0.6) is 0 Å². The lowest BCUT2D eigenvalue weighted by molar-refractivity contribution is 0.405. The standard InChI is InChI=1S/C10H14ClFN2/c1-6(2)10(14-13)7-4-3-5-8(11)9(7)12/h3-6,10,14H,13H2,1-2H3. The third kappa shape index (κ3) is 2.23. The molecule has 0 amide bonds. The summed E-state index contributed by atoms with van der Waals surface area (Å²) < 4.78 is 13.6. The van der Waals surface area contributed by atoms with Gasteiger partial charge in [-0.2, -0.15) is 0 Å². The Morgan fingerprint density at radius 1 is 1.43 bits per heavy atom. The van der Waals surface area contributed by atoms with Crippen LogP contribution in [0, 0.1) is 11.7 Å². The minimum Gasteiger partial charge on any atom is -0.271 e. The van der Waals surface area contributed by atoms with Crippen molar-refractivity contribution in [3.05, 3.63) is 34.6 Å². The molecule has 1 aromatic rings. The van der Waals surface area contributed by atoms with E-state index in [0.717, 1.165) is 0 Å². The largest absolute Gasteiger partial charge is 0.271 e. The van der Waals surface area contributed by atoms with E-state index in [2.05, 4.69) is 5.43 Å². The van der Waals surface area contributed by atoms with E-state index in [-0.39, 0.29) is 17.0 Å². The molecule has 0 aliphatic heterocycles. The highest BCUT2D eigenvalue weighted by atomic mass is 35.5. The monoisotopic (exact) mass is 216 g/mol. The first-order chi connectivity index (χ1) is 6.57. The van der Waals surface area contributed by atoms with E-state index in [9.17, 15) is 4.39 Å². The van der Waals surface area contributed by atoms with Gasteiger partial charge in [0.1, 0.15) is 5.82 Å². The topological polar surface area (TPSA) is 38.0 Å². The van der Waals surface area contributed by atoms with Crippen molar-refractivity contribution < 1.29 is 4.39 Å². The first-order valence-electron chi connectivity index (χ1n) is 4.48. The SMILES string of the molecule is CC(C)C(NN)c1cccc(Cl)c1F. The van der Waals surface area contributed by atoms with Crippen molar-refractivity contribution in [3.8, 4) is 0 Å². The Bertz CT molecular complexity index is 315. The molecule has 78 valence electrons. The van der Waals surface area contributed by atoms with Crippen LogP contribution in [-0.4, -0.2) is 0 Å². The highest BCUT2D eigenvalue weighted by Crippen LogP contribution is 2.27. The lowest BCUT2D eigenvalue weighted by atomic mass is 9.96. The van der Waals surface area contributed by atoms with Crippen LogP contribution >= 0.6 is 11.6 Å². The molecule has 1 rings (SSSR count). The van der Waals surface area contributed by atoms with Gasteiger partial charge in [-0.25, -0.2) is 4.39 Å². The quantitative estimate of drug-likeness (QED) is 0.602. The van der Waals surface area contributed by atoms with Gasteiger partial charge in [-0.15, -0.1) is 0 Å². The van der Waals surface area contributed by atoms with Crippen LogP contribution in [0.3, 0.4) is 0 Å². The van der Waals surface area contributed by atoms with E-state index >= 15 is 0 Å². The molecule has 0 aliphatic carbocycles. The van der Waals surface area contributed by atoms with E-state index < -0.39 is 5.82 Å². The highest BCUT2D eigenvalue weighted by molar-refractivity contribution is 6.30. The van der Waals surface area contributed by atoms with Crippen LogP contribution in [-0.2, 0) is 0 Å². The summed E-state index contributed by atoms with van der Waals surface area (Å²) in [7, 11) is 0. The van der Waals surface area contributed by atoms with Crippen LogP contribution in [0.2, 0.25) is 5.02 Å². The number of halogens is 2. The molecule has 0 aromatic heterocycles. The van der Waals surface area contributed by atoms with E-state index in [4.69, 9.17) is 17.4 Å². The second-order valence-electron chi connectivity index (χ2n) is 3.53. The minimum absolute atomic E-state index is 0.128. The van der Waals surface area contributed by atoms with Gasteiger partial charge >= 0.3 is 0 Å². The van der Waals surface area contributed by atoms with Gasteiger partial charge in [0.25, 0.3) is 0 Å².